The number of fused-ring (bicyclic) bond motifs is 4. The van der Waals surface area contributed by atoms with Gasteiger partial charge < -0.3 is 14.7 Å². The van der Waals surface area contributed by atoms with Crippen LogP contribution in [0.4, 0.5) is 0 Å². The molecule has 2 atom stereocenters. The van der Waals surface area contributed by atoms with Crippen LogP contribution in [0.25, 0.3) is 0 Å². The van der Waals surface area contributed by atoms with Gasteiger partial charge in [-0.05, 0) is 81.7 Å². The first-order valence-corrected chi connectivity index (χ1v) is 13.3. The normalized spacial score (nSPS) is 29.9. The summed E-state index contributed by atoms with van der Waals surface area (Å²) in [6.07, 6.45) is 6.79. The predicted octanol–water partition coefficient (Wildman–Crippen LogP) is 4.98. The zero-order valence-electron chi connectivity index (χ0n) is 21.0. The van der Waals surface area contributed by atoms with Gasteiger partial charge in [-0.1, -0.05) is 67.1 Å². The van der Waals surface area contributed by atoms with Crippen LogP contribution in [0.2, 0.25) is 0 Å². The number of hydrogen-bond donors (Lipinski definition) is 0. The minimum Gasteiger partial charge on any atom is -0.340 e. The smallest absolute Gasteiger partial charge is 0.223 e. The highest BCUT2D eigenvalue weighted by molar-refractivity contribution is 5.76. The molecule has 0 aromatic heterocycles. The van der Waals surface area contributed by atoms with Crippen LogP contribution in [0.1, 0.15) is 61.5 Å². The number of likely N-dealkylation sites (tertiary alicyclic amines) is 1. The minimum atomic E-state index is -0.00516. The molecule has 2 aromatic carbocycles. The fraction of sp³-hybridized carbons (Fsp3) is 0.567. The molecule has 4 aliphatic rings. The molecule has 1 aliphatic carbocycles. The van der Waals surface area contributed by atoms with Gasteiger partial charge in [0.25, 0.3) is 0 Å². The molecule has 0 radical (unpaired) electrons. The first-order chi connectivity index (χ1) is 16.6. The van der Waals surface area contributed by atoms with Crippen molar-refractivity contribution in [2.24, 2.45) is 5.92 Å². The molecule has 4 heteroatoms. The lowest BCUT2D eigenvalue weighted by atomic mass is 9.61. The Labute approximate surface area is 205 Å². The van der Waals surface area contributed by atoms with Gasteiger partial charge in [-0.25, -0.2) is 0 Å². The van der Waals surface area contributed by atoms with Crippen LogP contribution in [0.5, 0.6) is 0 Å². The van der Waals surface area contributed by atoms with Crippen molar-refractivity contribution in [1.29, 1.82) is 0 Å². The molecule has 2 bridgehead atoms. The van der Waals surface area contributed by atoms with Crippen molar-refractivity contribution in [2.75, 3.05) is 46.8 Å². The molecule has 1 amide bonds. The van der Waals surface area contributed by atoms with Crippen LogP contribution in [0.3, 0.4) is 0 Å². The van der Waals surface area contributed by atoms with Crippen molar-refractivity contribution >= 4 is 5.91 Å². The van der Waals surface area contributed by atoms with Crippen molar-refractivity contribution in [1.82, 2.24) is 14.7 Å². The lowest BCUT2D eigenvalue weighted by Gasteiger charge is -2.49. The average Bonchev–Trinajstić information content (AvgIpc) is 3.17. The van der Waals surface area contributed by atoms with Gasteiger partial charge in [0, 0.05) is 31.6 Å². The van der Waals surface area contributed by atoms with Gasteiger partial charge in [-0.2, -0.15) is 0 Å². The Bertz CT molecular complexity index is 889. The molecule has 34 heavy (non-hydrogen) atoms. The summed E-state index contributed by atoms with van der Waals surface area (Å²) in [6, 6.07) is 22.2. The number of carbonyl (C=O) groups excluding carboxylic acids is 1. The summed E-state index contributed by atoms with van der Waals surface area (Å²) in [4.78, 5) is 20.8. The first kappa shape index (κ1) is 23.6. The first-order valence-electron chi connectivity index (χ1n) is 13.3. The number of amides is 1. The molecule has 3 saturated heterocycles. The number of hydrogen-bond acceptors (Lipinski definition) is 3. The standard InChI is InChI=1S/C30H41N3O/c1-31(2)30-20-26(24-12-6-3-7-13-24)28(27(21-30)25-14-8-4-9-15-25)22-33(23-30)29(34)16-19-32-17-10-5-11-18-32/h3-4,6-9,12-15,26-28H,5,10-11,16-23H2,1-2H3. The number of piperidine rings is 1. The Kier molecular flexibility index (Phi) is 7.08. The fourth-order valence-corrected chi connectivity index (χ4v) is 6.97. The maximum atomic E-state index is 13.6. The summed E-state index contributed by atoms with van der Waals surface area (Å²) in [5.41, 5.74) is 2.86. The van der Waals surface area contributed by atoms with Crippen LogP contribution >= 0.6 is 0 Å². The lowest BCUT2D eigenvalue weighted by Crippen LogP contribution is -2.54. The quantitative estimate of drug-likeness (QED) is 0.609. The van der Waals surface area contributed by atoms with E-state index in [9.17, 15) is 4.79 Å². The van der Waals surface area contributed by atoms with E-state index in [1.54, 1.807) is 0 Å². The molecular formula is C30H41N3O. The maximum absolute atomic E-state index is 13.6. The van der Waals surface area contributed by atoms with Gasteiger partial charge in [-0.15, -0.1) is 0 Å². The molecule has 3 aliphatic heterocycles. The van der Waals surface area contributed by atoms with E-state index >= 15 is 0 Å². The Balaban J connectivity index is 1.45. The molecule has 0 spiro atoms. The van der Waals surface area contributed by atoms with Crippen LogP contribution in [0, 0.1) is 5.92 Å². The largest absolute Gasteiger partial charge is 0.340 e. The average molecular weight is 460 g/mol. The minimum absolute atomic E-state index is 0.00516. The third-order valence-electron chi connectivity index (χ3n) is 9.00. The highest BCUT2D eigenvalue weighted by atomic mass is 16.2. The zero-order valence-corrected chi connectivity index (χ0v) is 21.0. The highest BCUT2D eigenvalue weighted by Crippen LogP contribution is 2.54. The van der Waals surface area contributed by atoms with Gasteiger partial charge in [0.15, 0.2) is 0 Å². The second-order valence-corrected chi connectivity index (χ2v) is 11.2. The molecule has 4 fully saturated rings. The number of rotatable bonds is 6. The van der Waals surface area contributed by atoms with Crippen LogP contribution in [-0.4, -0.2) is 73.0 Å². The molecule has 1 saturated carbocycles. The second-order valence-electron chi connectivity index (χ2n) is 11.2. The van der Waals surface area contributed by atoms with Crippen LogP contribution in [-0.2, 0) is 4.79 Å². The van der Waals surface area contributed by atoms with E-state index in [2.05, 4.69) is 89.5 Å². The highest BCUT2D eigenvalue weighted by Gasteiger charge is 2.52. The number of benzene rings is 2. The molecule has 182 valence electrons. The number of carbonyl (C=O) groups is 1. The SMILES string of the molecule is CN(C)C12CC(c3ccccc3)C(CN(C(=O)CCN3CCCCC3)C1)C(c1ccccc1)C2. The number of likely N-dealkylation sites (N-methyl/N-ethyl adjacent to an activating group) is 1. The third-order valence-corrected chi connectivity index (χ3v) is 9.00. The van der Waals surface area contributed by atoms with Crippen molar-refractivity contribution in [2.45, 2.75) is 55.9 Å². The van der Waals surface area contributed by atoms with E-state index in [0.29, 0.717) is 30.1 Å². The molecule has 6 rings (SSSR count). The third kappa shape index (κ3) is 4.81. The summed E-state index contributed by atoms with van der Waals surface area (Å²) in [7, 11) is 4.46. The Morgan fingerprint density at radius 2 is 1.44 bits per heavy atom. The van der Waals surface area contributed by atoms with Crippen molar-refractivity contribution in [3.8, 4) is 0 Å². The summed E-state index contributed by atoms with van der Waals surface area (Å²) in [6.45, 7) is 4.95. The fourth-order valence-electron chi connectivity index (χ4n) is 6.97. The number of nitrogens with zero attached hydrogens (tertiary/aromatic N) is 3. The van der Waals surface area contributed by atoms with Gasteiger partial charge in [-0.3, -0.25) is 4.79 Å². The van der Waals surface area contributed by atoms with Crippen LogP contribution < -0.4 is 0 Å². The van der Waals surface area contributed by atoms with E-state index in [0.717, 1.165) is 45.6 Å². The topological polar surface area (TPSA) is 26.8 Å². The summed E-state index contributed by atoms with van der Waals surface area (Å²) in [5.74, 6) is 1.72. The monoisotopic (exact) mass is 459 g/mol. The summed E-state index contributed by atoms with van der Waals surface area (Å²) >= 11 is 0. The Hall–Kier alpha value is -2.17. The van der Waals surface area contributed by atoms with E-state index in [4.69, 9.17) is 0 Å². The van der Waals surface area contributed by atoms with Crippen LogP contribution in [0.15, 0.2) is 60.7 Å². The Morgan fingerprint density at radius 1 is 0.882 bits per heavy atom. The van der Waals surface area contributed by atoms with Gasteiger partial charge in [0.05, 0.1) is 0 Å². The van der Waals surface area contributed by atoms with Gasteiger partial charge >= 0.3 is 0 Å². The van der Waals surface area contributed by atoms with Crippen molar-refractivity contribution < 1.29 is 4.79 Å². The zero-order chi connectivity index (χ0) is 23.5. The maximum Gasteiger partial charge on any atom is 0.223 e. The Morgan fingerprint density at radius 3 is 1.97 bits per heavy atom. The molecular weight excluding hydrogens is 418 g/mol. The second kappa shape index (κ2) is 10.2. The van der Waals surface area contributed by atoms with Crippen molar-refractivity contribution in [3.63, 3.8) is 0 Å². The van der Waals surface area contributed by atoms with E-state index in [-0.39, 0.29) is 5.54 Å². The van der Waals surface area contributed by atoms with Gasteiger partial charge in [0.2, 0.25) is 5.91 Å². The molecule has 3 heterocycles. The van der Waals surface area contributed by atoms with E-state index in [1.165, 1.54) is 30.4 Å². The van der Waals surface area contributed by atoms with Crippen molar-refractivity contribution in [3.05, 3.63) is 71.8 Å². The molecule has 2 unspecified atom stereocenters. The molecule has 0 N–H and O–H groups in total. The molecule has 2 aromatic rings. The summed E-state index contributed by atoms with van der Waals surface area (Å²) in [5, 5.41) is 0. The summed E-state index contributed by atoms with van der Waals surface area (Å²) < 4.78 is 0. The molecule has 4 nitrogen and oxygen atoms in total. The van der Waals surface area contributed by atoms with E-state index in [1.807, 2.05) is 0 Å². The van der Waals surface area contributed by atoms with E-state index < -0.39 is 0 Å². The van der Waals surface area contributed by atoms with Gasteiger partial charge in [0.1, 0.15) is 0 Å². The predicted molar refractivity (Wildman–Crippen MR) is 139 cm³/mol. The lowest BCUT2D eigenvalue weighted by molar-refractivity contribution is -0.133.